The molecule has 0 radical (unpaired) electrons. The molecule has 0 saturated carbocycles. The molecule has 21 heavy (non-hydrogen) atoms. The molecule has 1 atom stereocenters. The number of hydrogen-bond donors (Lipinski definition) is 0. The van der Waals surface area contributed by atoms with Crippen molar-refractivity contribution in [3.05, 3.63) is 0 Å². The molecule has 0 aromatic heterocycles. The van der Waals surface area contributed by atoms with Gasteiger partial charge in [-0.05, 0) is 25.2 Å². The second kappa shape index (κ2) is 6.84. The summed E-state index contributed by atoms with van der Waals surface area (Å²) in [4.78, 5) is 13.4. The molecule has 3 heterocycles. The number of ether oxygens (including phenoxy) is 2. The first kappa shape index (κ1) is 15.6. The zero-order valence-corrected chi connectivity index (χ0v) is 13.2. The Hall–Kier alpha value is -0.330. The van der Waals surface area contributed by atoms with E-state index >= 15 is 0 Å². The van der Waals surface area contributed by atoms with E-state index in [9.17, 15) is 9.18 Å². The van der Waals surface area contributed by atoms with E-state index in [2.05, 4.69) is 0 Å². The van der Waals surface area contributed by atoms with E-state index < -0.39 is 6.67 Å². The van der Waals surface area contributed by atoms with Crippen molar-refractivity contribution >= 4 is 17.7 Å². The quantitative estimate of drug-likeness (QED) is 0.776. The van der Waals surface area contributed by atoms with Crippen LogP contribution in [-0.4, -0.2) is 67.0 Å². The summed E-state index contributed by atoms with van der Waals surface area (Å²) in [5.41, 5.74) is 0. The fourth-order valence-electron chi connectivity index (χ4n) is 3.38. The van der Waals surface area contributed by atoms with Gasteiger partial charge in [-0.2, -0.15) is 0 Å². The minimum Gasteiger partial charge on any atom is -0.381 e. The van der Waals surface area contributed by atoms with Crippen molar-refractivity contribution in [2.24, 2.45) is 5.92 Å². The minimum absolute atomic E-state index is 0.0322. The van der Waals surface area contributed by atoms with Gasteiger partial charge in [-0.15, -0.1) is 11.8 Å². The lowest BCUT2D eigenvalue weighted by Crippen LogP contribution is -2.60. The highest BCUT2D eigenvalue weighted by atomic mass is 32.2. The van der Waals surface area contributed by atoms with Gasteiger partial charge in [0, 0.05) is 38.7 Å². The molecular weight excluding hydrogens is 293 g/mol. The molecule has 0 aromatic rings. The van der Waals surface area contributed by atoms with Gasteiger partial charge in [0.25, 0.3) is 0 Å². The van der Waals surface area contributed by atoms with E-state index in [1.807, 2.05) is 11.8 Å². The molecule has 0 aromatic carbocycles. The van der Waals surface area contributed by atoms with Gasteiger partial charge in [0.2, 0.25) is 5.91 Å². The number of alkyl halides is 1. The third-order valence-electron chi connectivity index (χ3n) is 4.70. The molecule has 120 valence electrons. The Labute approximate surface area is 129 Å². The SMILES string of the molecule is O=C(CCF)N1CC2(C[C@H](OCC3CCOCC3)CS2)C1. The van der Waals surface area contributed by atoms with Gasteiger partial charge in [0.1, 0.15) is 0 Å². The molecule has 3 fully saturated rings. The summed E-state index contributed by atoms with van der Waals surface area (Å²) in [7, 11) is 0. The van der Waals surface area contributed by atoms with Gasteiger partial charge < -0.3 is 14.4 Å². The van der Waals surface area contributed by atoms with E-state index in [0.717, 1.165) is 57.9 Å². The number of amides is 1. The van der Waals surface area contributed by atoms with Gasteiger partial charge in [0.05, 0.1) is 23.9 Å². The molecule has 1 amide bonds. The third-order valence-corrected chi connectivity index (χ3v) is 6.28. The van der Waals surface area contributed by atoms with Gasteiger partial charge in [0.15, 0.2) is 0 Å². The Kier molecular flexibility index (Phi) is 5.07. The fourth-order valence-corrected chi connectivity index (χ4v) is 4.93. The highest BCUT2D eigenvalue weighted by Gasteiger charge is 2.50. The highest BCUT2D eigenvalue weighted by Crippen LogP contribution is 2.46. The largest absolute Gasteiger partial charge is 0.381 e. The Morgan fingerprint density at radius 3 is 2.86 bits per heavy atom. The molecule has 0 aliphatic carbocycles. The van der Waals surface area contributed by atoms with Crippen molar-refractivity contribution in [3.8, 4) is 0 Å². The molecule has 0 bridgehead atoms. The van der Waals surface area contributed by atoms with Gasteiger partial charge >= 0.3 is 0 Å². The van der Waals surface area contributed by atoms with Gasteiger partial charge in [-0.3, -0.25) is 9.18 Å². The molecule has 3 saturated heterocycles. The maximum atomic E-state index is 12.2. The summed E-state index contributed by atoms with van der Waals surface area (Å²) in [5.74, 6) is 1.62. The summed E-state index contributed by atoms with van der Waals surface area (Å²) in [6.07, 6.45) is 3.59. The van der Waals surface area contributed by atoms with Crippen molar-refractivity contribution in [1.82, 2.24) is 4.90 Å². The number of thioether (sulfide) groups is 1. The number of likely N-dealkylation sites (tertiary alicyclic amines) is 1. The second-order valence-electron chi connectivity index (χ2n) is 6.40. The van der Waals surface area contributed by atoms with Crippen molar-refractivity contribution in [1.29, 1.82) is 0 Å². The van der Waals surface area contributed by atoms with Crippen LogP contribution in [0.2, 0.25) is 0 Å². The van der Waals surface area contributed by atoms with Gasteiger partial charge in [-0.25, -0.2) is 0 Å². The lowest BCUT2D eigenvalue weighted by atomic mass is 9.92. The van der Waals surface area contributed by atoms with E-state index in [0.29, 0.717) is 12.0 Å². The fraction of sp³-hybridized carbons (Fsp3) is 0.933. The number of carbonyl (C=O) groups is 1. The third kappa shape index (κ3) is 3.71. The Morgan fingerprint density at radius 2 is 2.14 bits per heavy atom. The standard InChI is InChI=1S/C15H24FNO3S/c16-4-1-14(18)17-10-15(11-17)7-13(9-21-15)20-8-12-2-5-19-6-3-12/h12-13H,1-11H2/t13-/m0/s1. The maximum absolute atomic E-state index is 12.2. The average Bonchev–Trinajstić information content (AvgIpc) is 2.89. The van der Waals surface area contributed by atoms with Crippen LogP contribution in [0.1, 0.15) is 25.7 Å². The van der Waals surface area contributed by atoms with Crippen LogP contribution < -0.4 is 0 Å². The smallest absolute Gasteiger partial charge is 0.225 e. The summed E-state index contributed by atoms with van der Waals surface area (Å²) < 4.78 is 23.8. The molecule has 1 spiro atoms. The number of halogens is 1. The van der Waals surface area contributed by atoms with E-state index in [4.69, 9.17) is 9.47 Å². The predicted octanol–water partition coefficient (Wildman–Crippen LogP) is 1.88. The number of nitrogens with zero attached hydrogens (tertiary/aromatic N) is 1. The number of carbonyl (C=O) groups excluding carboxylic acids is 1. The molecule has 0 N–H and O–H groups in total. The summed E-state index contributed by atoms with van der Waals surface area (Å²) in [6, 6.07) is 0. The van der Waals surface area contributed by atoms with Crippen LogP contribution in [0.5, 0.6) is 0 Å². The van der Waals surface area contributed by atoms with Crippen LogP contribution in [0.15, 0.2) is 0 Å². The second-order valence-corrected chi connectivity index (χ2v) is 7.89. The molecular formula is C15H24FNO3S. The Morgan fingerprint density at radius 1 is 1.38 bits per heavy atom. The van der Waals surface area contributed by atoms with Crippen LogP contribution in [0.4, 0.5) is 4.39 Å². The summed E-state index contributed by atoms with van der Waals surface area (Å²) >= 11 is 1.93. The number of rotatable bonds is 5. The average molecular weight is 317 g/mol. The molecule has 6 heteroatoms. The summed E-state index contributed by atoms with van der Waals surface area (Å²) in [5, 5.41) is 0. The Bertz CT molecular complexity index is 370. The first-order chi connectivity index (χ1) is 10.2. The monoisotopic (exact) mass is 317 g/mol. The summed E-state index contributed by atoms with van der Waals surface area (Å²) in [6.45, 7) is 3.56. The van der Waals surface area contributed by atoms with Crippen LogP contribution in [0.3, 0.4) is 0 Å². The van der Waals surface area contributed by atoms with Crippen LogP contribution in [0, 0.1) is 5.92 Å². The van der Waals surface area contributed by atoms with E-state index in [1.54, 1.807) is 4.90 Å². The first-order valence-corrected chi connectivity index (χ1v) is 8.86. The van der Waals surface area contributed by atoms with Crippen LogP contribution in [-0.2, 0) is 14.3 Å². The lowest BCUT2D eigenvalue weighted by molar-refractivity contribution is -0.137. The van der Waals surface area contributed by atoms with E-state index in [-0.39, 0.29) is 17.1 Å². The predicted molar refractivity (Wildman–Crippen MR) is 80.3 cm³/mol. The normalized spacial score (nSPS) is 28.8. The molecule has 3 rings (SSSR count). The van der Waals surface area contributed by atoms with Crippen LogP contribution >= 0.6 is 11.8 Å². The Balaban J connectivity index is 1.37. The van der Waals surface area contributed by atoms with Crippen molar-refractivity contribution in [3.63, 3.8) is 0 Å². The zero-order valence-electron chi connectivity index (χ0n) is 12.4. The molecule has 4 nitrogen and oxygen atoms in total. The number of hydrogen-bond acceptors (Lipinski definition) is 4. The van der Waals surface area contributed by atoms with Crippen molar-refractivity contribution < 1.29 is 18.7 Å². The van der Waals surface area contributed by atoms with Crippen LogP contribution in [0.25, 0.3) is 0 Å². The van der Waals surface area contributed by atoms with E-state index in [1.165, 1.54) is 0 Å². The molecule has 3 aliphatic heterocycles. The van der Waals surface area contributed by atoms with Gasteiger partial charge in [-0.1, -0.05) is 0 Å². The first-order valence-electron chi connectivity index (χ1n) is 7.88. The molecule has 3 aliphatic rings. The maximum Gasteiger partial charge on any atom is 0.225 e. The minimum atomic E-state index is -0.549. The van der Waals surface area contributed by atoms with Crippen molar-refractivity contribution in [2.75, 3.05) is 45.3 Å². The topological polar surface area (TPSA) is 38.8 Å². The highest BCUT2D eigenvalue weighted by molar-refractivity contribution is 8.01. The van der Waals surface area contributed by atoms with Crippen molar-refractivity contribution in [2.45, 2.75) is 36.5 Å². The lowest BCUT2D eigenvalue weighted by Gasteiger charge is -2.47. The molecule has 0 unspecified atom stereocenters. The zero-order chi connectivity index (χ0) is 14.7.